The molecule has 1 aliphatic rings. The third-order valence-corrected chi connectivity index (χ3v) is 3.98. The topological polar surface area (TPSA) is 46.5 Å². The summed E-state index contributed by atoms with van der Waals surface area (Å²) in [4.78, 5) is 11.3. The van der Waals surface area contributed by atoms with E-state index in [1.54, 1.807) is 0 Å². The number of aliphatic carboxylic acids is 1. The Labute approximate surface area is 102 Å². The average Bonchev–Trinajstić information content (AvgIpc) is 2.25. The van der Waals surface area contributed by atoms with Gasteiger partial charge in [0.2, 0.25) is 0 Å². The van der Waals surface area contributed by atoms with Gasteiger partial charge in [-0.15, -0.1) is 0 Å². The molecule has 0 aliphatic carbocycles. The van der Waals surface area contributed by atoms with Crippen molar-refractivity contribution in [2.45, 2.75) is 45.1 Å². The minimum Gasteiger partial charge on any atom is -0.479 e. The first kappa shape index (κ1) is 13.8. The zero-order chi connectivity index (χ0) is 12.0. The number of hydrogen-bond donors (Lipinski definition) is 1. The lowest BCUT2D eigenvalue weighted by Crippen LogP contribution is -2.45. The summed E-state index contributed by atoms with van der Waals surface area (Å²) in [6.45, 7) is 4.92. The quantitative estimate of drug-likeness (QED) is 0.732. The Morgan fingerprint density at radius 3 is 2.56 bits per heavy atom. The lowest BCUT2D eigenvalue weighted by molar-refractivity contribution is -0.167. The maximum Gasteiger partial charge on any atom is 0.336 e. The Balaban J connectivity index is 2.36. The first-order chi connectivity index (χ1) is 7.57. The summed E-state index contributed by atoms with van der Waals surface area (Å²) in [6.07, 6.45) is 3.35. The molecule has 16 heavy (non-hydrogen) atoms. The normalized spacial score (nSPS) is 19.9. The third kappa shape index (κ3) is 3.98. The first-order valence-corrected chi connectivity index (χ1v) is 7.17. The van der Waals surface area contributed by atoms with Crippen LogP contribution in [0.5, 0.6) is 0 Å². The number of carboxylic acids is 1. The maximum atomic E-state index is 11.3. The fourth-order valence-electron chi connectivity index (χ4n) is 1.88. The Morgan fingerprint density at radius 2 is 2.06 bits per heavy atom. The summed E-state index contributed by atoms with van der Waals surface area (Å²) in [7, 11) is 0. The molecule has 0 amide bonds. The second-order valence-corrected chi connectivity index (χ2v) is 6.02. The number of hydrogen-bond acceptors (Lipinski definition) is 3. The molecule has 0 aromatic carbocycles. The average molecular weight is 246 g/mol. The number of ether oxygens (including phenoxy) is 1. The van der Waals surface area contributed by atoms with Crippen molar-refractivity contribution in [3.8, 4) is 0 Å². The molecule has 1 rings (SSSR count). The largest absolute Gasteiger partial charge is 0.479 e. The van der Waals surface area contributed by atoms with Gasteiger partial charge in [0, 0.05) is 6.61 Å². The molecular formula is C12H22O3S. The molecule has 0 unspecified atom stereocenters. The highest BCUT2D eigenvalue weighted by Gasteiger charge is 2.40. The van der Waals surface area contributed by atoms with Crippen LogP contribution in [0.15, 0.2) is 0 Å². The van der Waals surface area contributed by atoms with E-state index in [1.807, 2.05) is 11.8 Å². The summed E-state index contributed by atoms with van der Waals surface area (Å²) in [5.74, 6) is 1.68. The van der Waals surface area contributed by atoms with Crippen molar-refractivity contribution in [3.05, 3.63) is 0 Å². The van der Waals surface area contributed by atoms with Crippen LogP contribution in [0.4, 0.5) is 0 Å². The SMILES string of the molecule is CC(C)CCCOC1(C(=O)O)CCSCC1. The van der Waals surface area contributed by atoms with Crippen LogP contribution in [-0.2, 0) is 9.53 Å². The molecule has 0 saturated carbocycles. The second-order valence-electron chi connectivity index (χ2n) is 4.80. The van der Waals surface area contributed by atoms with E-state index in [1.165, 1.54) is 0 Å². The van der Waals surface area contributed by atoms with Crippen LogP contribution >= 0.6 is 11.8 Å². The van der Waals surface area contributed by atoms with E-state index in [9.17, 15) is 9.90 Å². The molecule has 1 heterocycles. The van der Waals surface area contributed by atoms with Crippen LogP contribution < -0.4 is 0 Å². The number of carboxylic acid groups (broad SMARTS) is 1. The second kappa shape index (κ2) is 6.50. The minimum absolute atomic E-state index is 0.579. The number of rotatable bonds is 6. The smallest absolute Gasteiger partial charge is 0.336 e. The van der Waals surface area contributed by atoms with E-state index in [4.69, 9.17) is 4.74 Å². The van der Waals surface area contributed by atoms with Gasteiger partial charge in [-0.25, -0.2) is 4.79 Å². The van der Waals surface area contributed by atoms with Crippen molar-refractivity contribution in [3.63, 3.8) is 0 Å². The summed E-state index contributed by atoms with van der Waals surface area (Å²) < 4.78 is 5.67. The highest BCUT2D eigenvalue weighted by Crippen LogP contribution is 2.31. The molecule has 1 aliphatic heterocycles. The Kier molecular flexibility index (Phi) is 5.62. The van der Waals surface area contributed by atoms with E-state index >= 15 is 0 Å². The third-order valence-electron chi connectivity index (χ3n) is 2.99. The van der Waals surface area contributed by atoms with E-state index in [0.717, 1.165) is 24.3 Å². The monoisotopic (exact) mass is 246 g/mol. The first-order valence-electron chi connectivity index (χ1n) is 6.02. The van der Waals surface area contributed by atoms with Gasteiger partial charge < -0.3 is 9.84 Å². The summed E-state index contributed by atoms with van der Waals surface area (Å²) >= 11 is 1.82. The lowest BCUT2D eigenvalue weighted by Gasteiger charge is -2.32. The van der Waals surface area contributed by atoms with E-state index in [0.29, 0.717) is 25.4 Å². The van der Waals surface area contributed by atoms with Gasteiger partial charge in [-0.05, 0) is 43.1 Å². The predicted molar refractivity (Wildman–Crippen MR) is 66.9 cm³/mol. The van der Waals surface area contributed by atoms with Crippen molar-refractivity contribution in [1.82, 2.24) is 0 Å². The van der Waals surface area contributed by atoms with Crippen LogP contribution in [0.25, 0.3) is 0 Å². The van der Waals surface area contributed by atoms with Gasteiger partial charge >= 0.3 is 5.97 Å². The van der Waals surface area contributed by atoms with E-state index in [-0.39, 0.29) is 0 Å². The Bertz CT molecular complexity index is 222. The van der Waals surface area contributed by atoms with Gasteiger partial charge in [0.1, 0.15) is 0 Å². The van der Waals surface area contributed by atoms with Crippen molar-refractivity contribution >= 4 is 17.7 Å². The standard InChI is InChI=1S/C12H22O3S/c1-10(2)4-3-7-15-12(11(13)14)5-8-16-9-6-12/h10H,3-9H2,1-2H3,(H,13,14). The van der Waals surface area contributed by atoms with Crippen molar-refractivity contribution < 1.29 is 14.6 Å². The molecule has 0 radical (unpaired) electrons. The molecule has 3 nitrogen and oxygen atoms in total. The molecule has 0 aromatic rings. The van der Waals surface area contributed by atoms with Crippen molar-refractivity contribution in [2.75, 3.05) is 18.1 Å². The van der Waals surface area contributed by atoms with Gasteiger partial charge in [0.05, 0.1) is 0 Å². The van der Waals surface area contributed by atoms with Crippen LogP contribution in [0.3, 0.4) is 0 Å². The van der Waals surface area contributed by atoms with Gasteiger partial charge in [-0.1, -0.05) is 13.8 Å². The van der Waals surface area contributed by atoms with Crippen molar-refractivity contribution in [2.24, 2.45) is 5.92 Å². The molecule has 1 saturated heterocycles. The van der Waals surface area contributed by atoms with E-state index in [2.05, 4.69) is 13.8 Å². The minimum atomic E-state index is -0.887. The molecular weight excluding hydrogens is 224 g/mol. The van der Waals surface area contributed by atoms with Crippen LogP contribution in [0.2, 0.25) is 0 Å². The zero-order valence-electron chi connectivity index (χ0n) is 10.2. The summed E-state index contributed by atoms with van der Waals surface area (Å²) in [6, 6.07) is 0. The van der Waals surface area contributed by atoms with Gasteiger partial charge in [-0.2, -0.15) is 11.8 Å². The Morgan fingerprint density at radius 1 is 1.44 bits per heavy atom. The molecule has 0 spiro atoms. The van der Waals surface area contributed by atoms with Crippen LogP contribution in [0, 0.1) is 5.92 Å². The molecule has 0 aromatic heterocycles. The lowest BCUT2D eigenvalue weighted by atomic mass is 9.96. The number of carbonyl (C=O) groups is 1. The summed E-state index contributed by atoms with van der Waals surface area (Å²) in [5, 5.41) is 9.26. The molecule has 0 bridgehead atoms. The molecule has 1 fully saturated rings. The van der Waals surface area contributed by atoms with Gasteiger partial charge in [-0.3, -0.25) is 0 Å². The van der Waals surface area contributed by atoms with E-state index < -0.39 is 11.6 Å². The molecule has 0 atom stereocenters. The highest BCUT2D eigenvalue weighted by atomic mass is 32.2. The van der Waals surface area contributed by atoms with Crippen LogP contribution in [-0.4, -0.2) is 34.8 Å². The molecule has 94 valence electrons. The fourth-order valence-corrected chi connectivity index (χ4v) is 3.03. The molecule has 4 heteroatoms. The van der Waals surface area contributed by atoms with Gasteiger partial charge in [0.25, 0.3) is 0 Å². The fraction of sp³-hybridized carbons (Fsp3) is 0.917. The number of thioether (sulfide) groups is 1. The zero-order valence-corrected chi connectivity index (χ0v) is 11.0. The summed E-state index contributed by atoms with van der Waals surface area (Å²) in [5.41, 5.74) is -0.887. The predicted octanol–water partition coefficient (Wildman–Crippen LogP) is 2.79. The maximum absolute atomic E-state index is 11.3. The molecule has 1 N–H and O–H groups in total. The Hall–Kier alpha value is -0.220. The highest BCUT2D eigenvalue weighted by molar-refractivity contribution is 7.99. The van der Waals surface area contributed by atoms with Gasteiger partial charge in [0.15, 0.2) is 5.60 Å². The van der Waals surface area contributed by atoms with Crippen molar-refractivity contribution in [1.29, 1.82) is 0 Å². The van der Waals surface area contributed by atoms with Crippen LogP contribution in [0.1, 0.15) is 39.5 Å².